The van der Waals surface area contributed by atoms with Crippen LogP contribution in [0.25, 0.3) is 0 Å². The van der Waals surface area contributed by atoms with E-state index in [1.54, 1.807) is 0 Å². The number of piperidine rings is 1. The Hall–Kier alpha value is -1.69. The van der Waals surface area contributed by atoms with E-state index in [-0.39, 0.29) is 17.9 Å². The maximum Gasteiger partial charge on any atom is 0.319 e. The van der Waals surface area contributed by atoms with E-state index < -0.39 is 0 Å². The molecule has 6 heteroatoms. The number of urea groups is 1. The molecule has 1 unspecified atom stereocenters. The van der Waals surface area contributed by atoms with E-state index >= 15 is 0 Å². The molecular formula is C21H29N3O2S. The normalized spacial score (nSPS) is 23.9. The van der Waals surface area contributed by atoms with Crippen LogP contribution in [0.1, 0.15) is 39.0 Å². The molecule has 3 heterocycles. The zero-order valence-corrected chi connectivity index (χ0v) is 16.9. The number of rotatable bonds is 1. The molecular weight excluding hydrogens is 358 g/mol. The van der Waals surface area contributed by atoms with Crippen molar-refractivity contribution in [2.75, 3.05) is 37.6 Å². The third-order valence-corrected chi connectivity index (χ3v) is 7.24. The van der Waals surface area contributed by atoms with Gasteiger partial charge in [0.1, 0.15) is 0 Å². The smallest absolute Gasteiger partial charge is 0.319 e. The van der Waals surface area contributed by atoms with Gasteiger partial charge < -0.3 is 14.7 Å². The number of thioether (sulfide) groups is 1. The van der Waals surface area contributed by atoms with Crippen LogP contribution in [-0.2, 0) is 4.79 Å². The van der Waals surface area contributed by atoms with Crippen LogP contribution in [-0.4, -0.2) is 59.7 Å². The molecule has 2 fully saturated rings. The summed E-state index contributed by atoms with van der Waals surface area (Å²) in [5.41, 5.74) is 1.06. The van der Waals surface area contributed by atoms with Crippen molar-refractivity contribution in [3.8, 4) is 0 Å². The molecule has 0 aromatic heterocycles. The predicted octanol–water partition coefficient (Wildman–Crippen LogP) is 3.83. The van der Waals surface area contributed by atoms with Gasteiger partial charge in [0.2, 0.25) is 5.91 Å². The Labute approximate surface area is 166 Å². The van der Waals surface area contributed by atoms with E-state index in [0.717, 1.165) is 57.4 Å². The predicted molar refractivity (Wildman–Crippen MR) is 109 cm³/mol. The van der Waals surface area contributed by atoms with Gasteiger partial charge in [-0.3, -0.25) is 4.79 Å². The topological polar surface area (TPSA) is 43.9 Å². The lowest BCUT2D eigenvalue weighted by atomic mass is 9.95. The number of hydrogen-bond donors (Lipinski definition) is 0. The number of likely N-dealkylation sites (tertiary alicyclic amines) is 2. The molecule has 3 aliphatic heterocycles. The van der Waals surface area contributed by atoms with E-state index in [4.69, 9.17) is 0 Å². The number of fused-ring (bicyclic) bond motifs is 1. The lowest BCUT2D eigenvalue weighted by Gasteiger charge is -2.36. The fourth-order valence-corrected chi connectivity index (χ4v) is 5.48. The number of hydrogen-bond acceptors (Lipinski definition) is 3. The summed E-state index contributed by atoms with van der Waals surface area (Å²) in [6.45, 7) is 6.20. The van der Waals surface area contributed by atoms with E-state index in [1.807, 2.05) is 32.5 Å². The van der Waals surface area contributed by atoms with Crippen LogP contribution in [0.5, 0.6) is 0 Å². The largest absolute Gasteiger partial charge is 0.325 e. The van der Waals surface area contributed by atoms with Crippen molar-refractivity contribution in [2.24, 2.45) is 5.92 Å². The average molecular weight is 388 g/mol. The molecule has 0 saturated carbocycles. The summed E-state index contributed by atoms with van der Waals surface area (Å²) in [6.07, 6.45) is 4.80. The van der Waals surface area contributed by atoms with Crippen LogP contribution >= 0.6 is 11.8 Å². The van der Waals surface area contributed by atoms with Crippen molar-refractivity contribution < 1.29 is 9.59 Å². The van der Waals surface area contributed by atoms with Gasteiger partial charge in [-0.1, -0.05) is 19.1 Å². The molecule has 4 rings (SSSR count). The van der Waals surface area contributed by atoms with Crippen molar-refractivity contribution in [2.45, 2.75) is 49.2 Å². The molecule has 1 aromatic rings. The molecule has 146 valence electrons. The number of carbonyl (C=O) groups is 2. The number of para-hydroxylation sites is 1. The zero-order chi connectivity index (χ0) is 18.8. The first-order chi connectivity index (χ1) is 13.1. The summed E-state index contributed by atoms with van der Waals surface area (Å²) in [5, 5.41) is 0.517. The Morgan fingerprint density at radius 3 is 2.33 bits per heavy atom. The van der Waals surface area contributed by atoms with Crippen molar-refractivity contribution >= 4 is 29.4 Å². The first-order valence-electron chi connectivity index (χ1n) is 10.2. The quantitative estimate of drug-likeness (QED) is 0.736. The monoisotopic (exact) mass is 387 g/mol. The summed E-state index contributed by atoms with van der Waals surface area (Å²) in [5.74, 6) is 0.268. The fourth-order valence-electron chi connectivity index (χ4n) is 4.36. The summed E-state index contributed by atoms with van der Waals surface area (Å²) >= 11 is 1.87. The minimum Gasteiger partial charge on any atom is -0.325 e. The first-order valence-corrected chi connectivity index (χ1v) is 11.1. The molecule has 0 aliphatic carbocycles. The van der Waals surface area contributed by atoms with Crippen molar-refractivity contribution in [1.29, 1.82) is 0 Å². The summed E-state index contributed by atoms with van der Waals surface area (Å²) in [7, 11) is 0. The lowest BCUT2D eigenvalue weighted by molar-refractivity contribution is -0.123. The molecule has 0 radical (unpaired) electrons. The SMILES string of the molecule is CC1CCN(C(=O)C2CCN(C(=O)N3CCCC3)CC2)c2ccccc2S1. The summed E-state index contributed by atoms with van der Waals surface area (Å²) in [6, 6.07) is 8.44. The van der Waals surface area contributed by atoms with Crippen molar-refractivity contribution in [3.05, 3.63) is 24.3 Å². The standard InChI is InChI=1S/C21H29N3O2S/c1-16-8-15-24(18-6-2-3-7-19(18)27-16)20(25)17-9-13-23(14-10-17)21(26)22-11-4-5-12-22/h2-3,6-7,16-17H,4-5,8-15H2,1H3. The third kappa shape index (κ3) is 3.96. The molecule has 27 heavy (non-hydrogen) atoms. The summed E-state index contributed by atoms with van der Waals surface area (Å²) < 4.78 is 0. The van der Waals surface area contributed by atoms with Crippen molar-refractivity contribution in [1.82, 2.24) is 9.80 Å². The molecule has 2 saturated heterocycles. The number of nitrogens with zero attached hydrogens (tertiary/aromatic N) is 3. The van der Waals surface area contributed by atoms with Crippen LogP contribution in [0.3, 0.4) is 0 Å². The van der Waals surface area contributed by atoms with Crippen molar-refractivity contribution in [3.63, 3.8) is 0 Å². The van der Waals surface area contributed by atoms with Crippen LogP contribution in [0.15, 0.2) is 29.2 Å². The number of anilines is 1. The first kappa shape index (κ1) is 18.7. The Kier molecular flexibility index (Phi) is 5.62. The highest BCUT2D eigenvalue weighted by atomic mass is 32.2. The number of benzene rings is 1. The minimum absolute atomic E-state index is 0.0269. The van der Waals surface area contributed by atoms with Gasteiger partial charge in [0.15, 0.2) is 0 Å². The average Bonchev–Trinajstić information content (AvgIpc) is 3.17. The second-order valence-electron chi connectivity index (χ2n) is 7.91. The second kappa shape index (κ2) is 8.13. The van der Waals surface area contributed by atoms with E-state index in [0.29, 0.717) is 18.3 Å². The molecule has 3 aliphatic rings. The van der Waals surface area contributed by atoms with Crippen LogP contribution in [0.4, 0.5) is 10.5 Å². The lowest BCUT2D eigenvalue weighted by Crippen LogP contribution is -2.48. The zero-order valence-electron chi connectivity index (χ0n) is 16.1. The fraction of sp³-hybridized carbons (Fsp3) is 0.619. The second-order valence-corrected chi connectivity index (χ2v) is 9.39. The highest BCUT2D eigenvalue weighted by molar-refractivity contribution is 8.00. The van der Waals surface area contributed by atoms with Gasteiger partial charge in [-0.15, -0.1) is 11.8 Å². The van der Waals surface area contributed by atoms with Gasteiger partial charge in [0.05, 0.1) is 5.69 Å². The minimum atomic E-state index is 0.0269. The van der Waals surface area contributed by atoms with Crippen LogP contribution < -0.4 is 4.90 Å². The van der Waals surface area contributed by atoms with Gasteiger partial charge in [0, 0.05) is 48.8 Å². The molecule has 1 aromatic carbocycles. The summed E-state index contributed by atoms with van der Waals surface area (Å²) in [4.78, 5) is 33.0. The highest BCUT2D eigenvalue weighted by Crippen LogP contribution is 2.38. The Morgan fingerprint density at radius 2 is 1.59 bits per heavy atom. The Morgan fingerprint density at radius 1 is 0.926 bits per heavy atom. The molecule has 5 nitrogen and oxygen atoms in total. The van der Waals surface area contributed by atoms with Gasteiger partial charge in [-0.2, -0.15) is 0 Å². The molecule has 0 bridgehead atoms. The molecule has 0 spiro atoms. The van der Waals surface area contributed by atoms with Gasteiger partial charge >= 0.3 is 6.03 Å². The maximum absolute atomic E-state index is 13.3. The molecule has 3 amide bonds. The van der Waals surface area contributed by atoms with Crippen LogP contribution in [0, 0.1) is 5.92 Å². The molecule has 0 N–H and O–H groups in total. The maximum atomic E-state index is 13.3. The van der Waals surface area contributed by atoms with Gasteiger partial charge in [-0.25, -0.2) is 4.79 Å². The van der Waals surface area contributed by atoms with Crippen LogP contribution in [0.2, 0.25) is 0 Å². The third-order valence-electron chi connectivity index (χ3n) is 6.00. The highest BCUT2D eigenvalue weighted by Gasteiger charge is 2.34. The van der Waals surface area contributed by atoms with Gasteiger partial charge in [0.25, 0.3) is 0 Å². The van der Waals surface area contributed by atoms with Gasteiger partial charge in [-0.05, 0) is 44.2 Å². The number of amides is 3. The van der Waals surface area contributed by atoms with E-state index in [9.17, 15) is 9.59 Å². The Bertz CT molecular complexity index is 696. The Balaban J connectivity index is 1.41. The van der Waals surface area contributed by atoms with E-state index in [1.165, 1.54) is 4.90 Å². The van der Waals surface area contributed by atoms with E-state index in [2.05, 4.69) is 25.1 Å². The number of carbonyl (C=O) groups excluding carboxylic acids is 2. The molecule has 1 atom stereocenters.